The molecule has 4 nitrogen and oxygen atoms in total. The number of nitrogens with zero attached hydrogens (tertiary/aromatic N) is 2. The molecular formula is C29H33F2N3O. The third-order valence-electron chi connectivity index (χ3n) is 6.67. The molecule has 1 aliphatic rings. The van der Waals surface area contributed by atoms with Gasteiger partial charge in [-0.2, -0.15) is 0 Å². The normalized spacial score (nSPS) is 14.6. The van der Waals surface area contributed by atoms with Crippen molar-refractivity contribution in [2.45, 2.75) is 32.2 Å². The van der Waals surface area contributed by atoms with Crippen LogP contribution in [0.5, 0.6) is 0 Å². The van der Waals surface area contributed by atoms with Crippen molar-refractivity contribution in [1.29, 1.82) is 0 Å². The van der Waals surface area contributed by atoms with Crippen molar-refractivity contribution in [3.63, 3.8) is 0 Å². The van der Waals surface area contributed by atoms with Gasteiger partial charge in [0.25, 0.3) is 0 Å². The molecule has 1 heterocycles. The van der Waals surface area contributed by atoms with Gasteiger partial charge in [0.05, 0.1) is 0 Å². The minimum absolute atomic E-state index is 0.377. The van der Waals surface area contributed by atoms with Crippen LogP contribution in [0.2, 0.25) is 0 Å². The smallest absolute Gasteiger partial charge is 0.320 e. The van der Waals surface area contributed by atoms with Crippen LogP contribution in [0.25, 0.3) is 0 Å². The SMILES string of the molecule is O=C(Nc1c(F)cccc1F)N(CCCN1CCC(Cc2ccccc2)CC1)Cc1ccccc1. The molecule has 1 aliphatic heterocycles. The van der Waals surface area contributed by atoms with E-state index in [1.807, 2.05) is 30.3 Å². The van der Waals surface area contributed by atoms with Crippen LogP contribution in [0.1, 0.15) is 30.4 Å². The van der Waals surface area contributed by atoms with Crippen molar-refractivity contribution in [3.05, 3.63) is 102 Å². The van der Waals surface area contributed by atoms with Crippen LogP contribution < -0.4 is 5.32 Å². The predicted octanol–water partition coefficient (Wildman–Crippen LogP) is 6.34. The highest BCUT2D eigenvalue weighted by atomic mass is 19.1. The number of para-hydroxylation sites is 1. The first kappa shape index (κ1) is 24.9. The Labute approximate surface area is 206 Å². The third-order valence-corrected chi connectivity index (χ3v) is 6.67. The highest BCUT2D eigenvalue weighted by Crippen LogP contribution is 2.22. The van der Waals surface area contributed by atoms with Gasteiger partial charge in [0.2, 0.25) is 0 Å². The number of anilines is 1. The second-order valence-electron chi connectivity index (χ2n) is 9.26. The fourth-order valence-electron chi connectivity index (χ4n) is 4.71. The second kappa shape index (κ2) is 12.5. The van der Waals surface area contributed by atoms with Gasteiger partial charge in [-0.25, -0.2) is 13.6 Å². The Bertz CT molecular complexity index is 1050. The summed E-state index contributed by atoms with van der Waals surface area (Å²) in [5.41, 5.74) is 1.97. The van der Waals surface area contributed by atoms with Gasteiger partial charge in [0.1, 0.15) is 17.3 Å². The van der Waals surface area contributed by atoms with Crippen LogP contribution in [0.3, 0.4) is 0 Å². The van der Waals surface area contributed by atoms with Crippen molar-refractivity contribution >= 4 is 11.7 Å². The molecule has 0 aliphatic carbocycles. The number of hydrogen-bond donors (Lipinski definition) is 1. The molecule has 35 heavy (non-hydrogen) atoms. The Kier molecular flexibility index (Phi) is 8.85. The van der Waals surface area contributed by atoms with E-state index in [1.165, 1.54) is 24.5 Å². The molecule has 1 N–H and O–H groups in total. The first-order valence-corrected chi connectivity index (χ1v) is 12.4. The molecular weight excluding hydrogens is 444 g/mol. The molecule has 0 saturated carbocycles. The summed E-state index contributed by atoms with van der Waals surface area (Å²) in [6.07, 6.45) is 4.28. The van der Waals surface area contributed by atoms with Gasteiger partial charge in [-0.1, -0.05) is 66.7 Å². The van der Waals surface area contributed by atoms with Crippen LogP contribution in [-0.4, -0.2) is 42.0 Å². The zero-order chi connectivity index (χ0) is 24.5. The van der Waals surface area contributed by atoms with Crippen molar-refractivity contribution in [3.8, 4) is 0 Å². The number of likely N-dealkylation sites (tertiary alicyclic amines) is 1. The lowest BCUT2D eigenvalue weighted by Gasteiger charge is -2.32. The van der Waals surface area contributed by atoms with E-state index in [0.29, 0.717) is 19.0 Å². The Balaban J connectivity index is 1.30. The van der Waals surface area contributed by atoms with Gasteiger partial charge in [-0.15, -0.1) is 0 Å². The topological polar surface area (TPSA) is 35.6 Å². The molecule has 4 rings (SSSR count). The van der Waals surface area contributed by atoms with Crippen LogP contribution in [0.4, 0.5) is 19.3 Å². The number of hydrogen-bond acceptors (Lipinski definition) is 2. The summed E-state index contributed by atoms with van der Waals surface area (Å²) >= 11 is 0. The molecule has 0 aromatic heterocycles. The third kappa shape index (κ3) is 7.36. The molecule has 2 amide bonds. The lowest BCUT2D eigenvalue weighted by Crippen LogP contribution is -2.39. The van der Waals surface area contributed by atoms with Crippen LogP contribution >= 0.6 is 0 Å². The monoisotopic (exact) mass is 477 g/mol. The average molecular weight is 478 g/mol. The number of benzene rings is 3. The highest BCUT2D eigenvalue weighted by molar-refractivity contribution is 5.89. The Morgan fingerprint density at radius 2 is 1.46 bits per heavy atom. The molecule has 3 aromatic carbocycles. The highest BCUT2D eigenvalue weighted by Gasteiger charge is 2.21. The van der Waals surface area contributed by atoms with Crippen LogP contribution in [0, 0.1) is 17.6 Å². The zero-order valence-corrected chi connectivity index (χ0v) is 20.0. The van der Waals surface area contributed by atoms with Gasteiger partial charge in [-0.05, 0) is 74.5 Å². The number of piperidine rings is 1. The molecule has 1 saturated heterocycles. The van der Waals surface area contributed by atoms with Crippen molar-refractivity contribution in [1.82, 2.24) is 9.80 Å². The lowest BCUT2D eigenvalue weighted by molar-refractivity contribution is 0.170. The minimum Gasteiger partial charge on any atom is -0.320 e. The molecule has 184 valence electrons. The first-order chi connectivity index (χ1) is 17.1. The summed E-state index contributed by atoms with van der Waals surface area (Å²) < 4.78 is 28.2. The predicted molar refractivity (Wildman–Crippen MR) is 136 cm³/mol. The van der Waals surface area contributed by atoms with Crippen molar-refractivity contribution < 1.29 is 13.6 Å². The Hall–Kier alpha value is -3.25. The maximum Gasteiger partial charge on any atom is 0.322 e. The summed E-state index contributed by atoms with van der Waals surface area (Å²) in [4.78, 5) is 17.1. The molecule has 0 spiro atoms. The number of rotatable bonds is 9. The van der Waals surface area contributed by atoms with Crippen LogP contribution in [0.15, 0.2) is 78.9 Å². The maximum atomic E-state index is 14.1. The van der Waals surface area contributed by atoms with Gasteiger partial charge in [-0.3, -0.25) is 0 Å². The van der Waals surface area contributed by atoms with Gasteiger partial charge < -0.3 is 15.1 Å². The van der Waals surface area contributed by atoms with Crippen molar-refractivity contribution in [2.75, 3.05) is 31.5 Å². The number of halogens is 2. The molecule has 6 heteroatoms. The van der Waals surface area contributed by atoms with E-state index in [2.05, 4.69) is 40.5 Å². The summed E-state index contributed by atoms with van der Waals surface area (Å²) in [6, 6.07) is 23.4. The minimum atomic E-state index is -0.781. The van der Waals surface area contributed by atoms with Crippen molar-refractivity contribution in [2.24, 2.45) is 5.92 Å². The number of nitrogens with one attached hydrogen (secondary N) is 1. The largest absolute Gasteiger partial charge is 0.322 e. The zero-order valence-electron chi connectivity index (χ0n) is 20.0. The lowest BCUT2D eigenvalue weighted by atomic mass is 9.90. The summed E-state index contributed by atoms with van der Waals surface area (Å²) in [6.45, 7) is 3.89. The Morgan fingerprint density at radius 3 is 2.09 bits per heavy atom. The number of urea groups is 1. The van der Waals surface area contributed by atoms with E-state index >= 15 is 0 Å². The fourth-order valence-corrected chi connectivity index (χ4v) is 4.71. The number of carbonyl (C=O) groups excluding carboxylic acids is 1. The first-order valence-electron chi connectivity index (χ1n) is 12.4. The average Bonchev–Trinajstić information content (AvgIpc) is 2.88. The maximum absolute atomic E-state index is 14.1. The van der Waals surface area contributed by atoms with E-state index in [4.69, 9.17) is 0 Å². The quantitative estimate of drug-likeness (QED) is 0.390. The standard InChI is InChI=1S/C29H33F2N3O/c30-26-13-7-14-27(31)28(26)32-29(35)34(22-25-11-5-2-6-12-25)18-8-17-33-19-15-24(16-20-33)21-23-9-3-1-4-10-23/h1-7,9-14,24H,8,15-22H2,(H,32,35). The molecule has 0 radical (unpaired) electrons. The van der Waals surface area contributed by atoms with E-state index in [9.17, 15) is 13.6 Å². The van der Waals surface area contributed by atoms with E-state index in [0.717, 1.165) is 50.2 Å². The summed E-state index contributed by atoms with van der Waals surface area (Å²) in [5.74, 6) is -0.850. The molecule has 1 fully saturated rings. The molecule has 0 atom stereocenters. The molecule has 3 aromatic rings. The van der Waals surface area contributed by atoms with E-state index < -0.39 is 23.4 Å². The molecule has 0 bridgehead atoms. The second-order valence-corrected chi connectivity index (χ2v) is 9.26. The summed E-state index contributed by atoms with van der Waals surface area (Å²) in [7, 11) is 0. The van der Waals surface area contributed by atoms with E-state index in [-0.39, 0.29) is 0 Å². The Morgan fingerprint density at radius 1 is 0.857 bits per heavy atom. The number of amides is 2. The summed E-state index contributed by atoms with van der Waals surface area (Å²) in [5, 5.41) is 2.44. The fraction of sp³-hybridized carbons (Fsp3) is 0.345. The van der Waals surface area contributed by atoms with Gasteiger partial charge in [0.15, 0.2) is 0 Å². The van der Waals surface area contributed by atoms with Gasteiger partial charge in [0, 0.05) is 13.1 Å². The van der Waals surface area contributed by atoms with Crippen LogP contribution in [-0.2, 0) is 13.0 Å². The molecule has 0 unspecified atom stereocenters. The number of carbonyl (C=O) groups is 1. The van der Waals surface area contributed by atoms with E-state index in [1.54, 1.807) is 4.90 Å². The van der Waals surface area contributed by atoms with Gasteiger partial charge >= 0.3 is 6.03 Å².